The van der Waals surface area contributed by atoms with Gasteiger partial charge in [-0.2, -0.15) is 0 Å². The molecule has 0 fully saturated rings. The maximum absolute atomic E-state index is 15.6. The van der Waals surface area contributed by atoms with Crippen LogP contribution in [0.2, 0.25) is 0 Å². The summed E-state index contributed by atoms with van der Waals surface area (Å²) in [5.74, 6) is -3.75. The van der Waals surface area contributed by atoms with Crippen LogP contribution < -0.4 is 37.2 Å². The maximum Gasteiger partial charge on any atom is 0.407 e. The SMILES string of the molecule is CC(C)C[C@@H](CC(=O)N[C@@H](C)[C@@H](F)C(=O)N[C@H](CC(=O)N[C@@H](C)CC(=O)N[C@H](CC(=O)OCc1ccccc1)CC(C)C)C(C)C)NC(=O)C[C@H](C)NC(=O)C[C@@H](NC(=O)OC(C)(C)C)C(C)C. The molecule has 1 aromatic carbocycles. The number of halogens is 1. The Hall–Kier alpha value is -5.29. The molecule has 386 valence electrons. The zero-order valence-electron chi connectivity index (χ0n) is 43.1. The first kappa shape index (κ1) is 60.7. The Morgan fingerprint density at radius 1 is 0.529 bits per heavy atom. The van der Waals surface area contributed by atoms with E-state index in [9.17, 15) is 38.4 Å². The lowest BCUT2D eigenvalue weighted by Crippen LogP contribution is -2.52. The van der Waals surface area contributed by atoms with Crippen LogP contribution in [0.25, 0.3) is 0 Å². The molecule has 0 unspecified atom stereocenters. The van der Waals surface area contributed by atoms with Gasteiger partial charge in [-0.25, -0.2) is 9.18 Å². The highest BCUT2D eigenvalue weighted by atomic mass is 19.1. The number of hydrogen-bond acceptors (Lipinski definition) is 10. The summed E-state index contributed by atoms with van der Waals surface area (Å²) >= 11 is 0. The van der Waals surface area contributed by atoms with E-state index in [0.29, 0.717) is 12.8 Å². The smallest absolute Gasteiger partial charge is 0.407 e. The molecule has 8 atom stereocenters. The van der Waals surface area contributed by atoms with Crippen LogP contribution in [-0.2, 0) is 49.6 Å². The predicted octanol–water partition coefficient (Wildman–Crippen LogP) is 5.67. The highest BCUT2D eigenvalue weighted by Crippen LogP contribution is 2.15. The second kappa shape index (κ2) is 30.3. The maximum atomic E-state index is 15.6. The zero-order valence-corrected chi connectivity index (χ0v) is 43.1. The van der Waals surface area contributed by atoms with Crippen LogP contribution in [-0.4, -0.2) is 102 Å². The van der Waals surface area contributed by atoms with Gasteiger partial charge in [0, 0.05) is 68.4 Å². The van der Waals surface area contributed by atoms with Crippen molar-refractivity contribution in [1.29, 1.82) is 0 Å². The van der Waals surface area contributed by atoms with Gasteiger partial charge in [0.1, 0.15) is 12.2 Å². The van der Waals surface area contributed by atoms with E-state index in [4.69, 9.17) is 9.47 Å². The lowest BCUT2D eigenvalue weighted by molar-refractivity contribution is -0.146. The number of alkyl carbamates (subject to hydrolysis) is 1. The molecule has 0 aliphatic carbocycles. The first-order valence-electron chi connectivity index (χ1n) is 24.1. The Bertz CT molecular complexity index is 1770. The van der Waals surface area contributed by atoms with Gasteiger partial charge in [-0.05, 0) is 83.6 Å². The fourth-order valence-corrected chi connectivity index (χ4v) is 7.29. The van der Waals surface area contributed by atoms with Crippen molar-refractivity contribution < 1.29 is 52.2 Å². The largest absolute Gasteiger partial charge is 0.461 e. The molecule has 0 saturated heterocycles. The van der Waals surface area contributed by atoms with Crippen LogP contribution in [0, 0.1) is 23.7 Å². The second-order valence-corrected chi connectivity index (χ2v) is 20.7. The van der Waals surface area contributed by atoms with Crippen LogP contribution in [0.1, 0.15) is 154 Å². The van der Waals surface area contributed by atoms with Crippen LogP contribution in [0.5, 0.6) is 0 Å². The van der Waals surface area contributed by atoms with Crippen LogP contribution in [0.3, 0.4) is 0 Å². The molecular formula is C50H84FN7O10. The summed E-state index contributed by atoms with van der Waals surface area (Å²) in [5, 5.41) is 19.2. The molecule has 1 rings (SSSR count). The molecule has 18 heteroatoms. The fraction of sp³-hybridized carbons (Fsp3) is 0.720. The quantitative estimate of drug-likeness (QED) is 0.0486. The molecule has 0 aliphatic rings. The van der Waals surface area contributed by atoms with Gasteiger partial charge in [0.2, 0.25) is 29.5 Å². The molecule has 0 aliphatic heterocycles. The summed E-state index contributed by atoms with van der Waals surface area (Å²) in [6, 6.07) is 4.48. The minimum absolute atomic E-state index is 0.00830. The van der Waals surface area contributed by atoms with Crippen LogP contribution >= 0.6 is 0 Å². The summed E-state index contributed by atoms with van der Waals surface area (Å²) in [6.07, 6.45) is -2.43. The third-order valence-electron chi connectivity index (χ3n) is 10.7. The summed E-state index contributed by atoms with van der Waals surface area (Å²) in [7, 11) is 0. The van der Waals surface area contributed by atoms with Crippen molar-refractivity contribution in [2.75, 3.05) is 0 Å². The Labute approximate surface area is 404 Å². The first-order chi connectivity index (χ1) is 31.5. The van der Waals surface area contributed by atoms with E-state index >= 15 is 4.39 Å². The number of esters is 1. The standard InChI is InChI=1S/C50H84FN7O10/c1-29(2)20-37(55-41(59)22-33(9)53-45(63)27-40(32(7)8)58-49(66)68-50(12,13)14)24-43(61)54-35(11)47(51)48(65)57-39(31(5)6)26-44(62)52-34(10)23-42(60)56-38(21-30(3)4)25-46(64)67-28-36-18-16-15-17-19-36/h15-19,29-35,37-40,47H,20-28H2,1-14H3,(H,52,62)(H,53,63)(H,54,61)(H,55,59)(H,56,60)(H,57,65)(H,58,66)/t33-,34-,35-,37-,38-,39+,40+,47+/m0/s1. The molecule has 7 N–H and O–H groups in total. The topological polar surface area (TPSA) is 239 Å². The van der Waals surface area contributed by atoms with Crippen molar-refractivity contribution in [1.82, 2.24) is 37.2 Å². The highest BCUT2D eigenvalue weighted by molar-refractivity contribution is 5.86. The summed E-state index contributed by atoms with van der Waals surface area (Å²) < 4.78 is 26.3. The molecule has 0 bridgehead atoms. The van der Waals surface area contributed by atoms with Gasteiger partial charge in [0.15, 0.2) is 6.17 Å². The van der Waals surface area contributed by atoms with Crippen molar-refractivity contribution in [3.05, 3.63) is 35.9 Å². The van der Waals surface area contributed by atoms with Gasteiger partial charge >= 0.3 is 12.1 Å². The fourth-order valence-electron chi connectivity index (χ4n) is 7.29. The second-order valence-electron chi connectivity index (χ2n) is 20.7. The number of nitrogens with one attached hydrogen (secondary N) is 7. The van der Waals surface area contributed by atoms with E-state index in [-0.39, 0.29) is 80.6 Å². The van der Waals surface area contributed by atoms with Crippen LogP contribution in [0.15, 0.2) is 30.3 Å². The average molecular weight is 962 g/mol. The van der Waals surface area contributed by atoms with Crippen molar-refractivity contribution in [2.24, 2.45) is 23.7 Å². The number of carbonyl (C=O) groups is 8. The molecule has 0 heterocycles. The van der Waals surface area contributed by atoms with Crippen molar-refractivity contribution in [3.8, 4) is 0 Å². The number of alkyl halides is 1. The van der Waals surface area contributed by atoms with Crippen LogP contribution in [0.4, 0.5) is 9.18 Å². The summed E-state index contributed by atoms with van der Waals surface area (Å²) in [5.41, 5.74) is 0.147. The van der Waals surface area contributed by atoms with Crippen molar-refractivity contribution in [2.45, 2.75) is 209 Å². The van der Waals surface area contributed by atoms with E-state index in [1.54, 1.807) is 48.5 Å². The molecule has 0 radical (unpaired) electrons. The first-order valence-corrected chi connectivity index (χ1v) is 24.1. The molecule has 0 spiro atoms. The van der Waals surface area contributed by atoms with Gasteiger partial charge in [0.05, 0.1) is 12.5 Å². The molecule has 0 saturated carbocycles. The molecule has 1 aromatic rings. The van der Waals surface area contributed by atoms with Crippen molar-refractivity contribution >= 4 is 47.5 Å². The Kier molecular flexibility index (Phi) is 27.0. The molecule has 7 amide bonds. The Morgan fingerprint density at radius 2 is 0.956 bits per heavy atom. The van der Waals surface area contributed by atoms with E-state index in [0.717, 1.165) is 5.56 Å². The summed E-state index contributed by atoms with van der Waals surface area (Å²) in [6.45, 7) is 25.1. The Morgan fingerprint density at radius 3 is 1.40 bits per heavy atom. The predicted molar refractivity (Wildman–Crippen MR) is 259 cm³/mol. The average Bonchev–Trinajstić information content (AvgIpc) is 3.17. The summed E-state index contributed by atoms with van der Waals surface area (Å²) in [4.78, 5) is 103. The minimum Gasteiger partial charge on any atom is -0.461 e. The minimum atomic E-state index is -2.17. The molecule has 0 aromatic heterocycles. The van der Waals surface area contributed by atoms with E-state index < -0.39 is 89.8 Å². The molecule has 68 heavy (non-hydrogen) atoms. The van der Waals surface area contributed by atoms with E-state index in [1.807, 2.05) is 71.9 Å². The van der Waals surface area contributed by atoms with Gasteiger partial charge in [0.25, 0.3) is 5.91 Å². The van der Waals surface area contributed by atoms with Gasteiger partial charge < -0.3 is 46.7 Å². The third-order valence-corrected chi connectivity index (χ3v) is 10.7. The van der Waals surface area contributed by atoms with Gasteiger partial charge in [-0.1, -0.05) is 85.7 Å². The number of ether oxygens (including phenoxy) is 2. The van der Waals surface area contributed by atoms with E-state index in [2.05, 4.69) is 37.2 Å². The lowest BCUT2D eigenvalue weighted by Gasteiger charge is -2.26. The van der Waals surface area contributed by atoms with E-state index in [1.165, 1.54) is 6.92 Å². The zero-order chi connectivity index (χ0) is 51.9. The highest BCUT2D eigenvalue weighted by Gasteiger charge is 2.31. The van der Waals surface area contributed by atoms with Crippen molar-refractivity contribution in [3.63, 3.8) is 0 Å². The third kappa shape index (κ3) is 27.5. The number of amides is 7. The Balaban J connectivity index is 2.71. The number of benzene rings is 1. The monoisotopic (exact) mass is 962 g/mol. The van der Waals surface area contributed by atoms with Gasteiger partial charge in [-0.15, -0.1) is 0 Å². The van der Waals surface area contributed by atoms with Gasteiger partial charge in [-0.3, -0.25) is 33.6 Å². The number of rotatable bonds is 29. The number of carbonyl (C=O) groups excluding carboxylic acids is 8. The number of hydrogen-bond donors (Lipinski definition) is 7. The lowest BCUT2D eigenvalue weighted by atomic mass is 9.99. The molecular weight excluding hydrogens is 878 g/mol. The molecule has 17 nitrogen and oxygen atoms in total. The normalized spacial score (nSPS) is 15.2.